The van der Waals surface area contributed by atoms with Crippen LogP contribution in [0.3, 0.4) is 0 Å². The van der Waals surface area contributed by atoms with E-state index in [9.17, 15) is 9.59 Å². The van der Waals surface area contributed by atoms with Gasteiger partial charge in [0, 0.05) is 0 Å². The molecule has 1 heterocycles. The van der Waals surface area contributed by atoms with E-state index in [1.807, 2.05) is 30.3 Å². The largest absolute Gasteiger partial charge is 0.481 e. The molecule has 0 saturated carbocycles. The maximum atomic E-state index is 12.7. The molecule has 3 aromatic rings. The van der Waals surface area contributed by atoms with Crippen LogP contribution in [0, 0.1) is 0 Å². The summed E-state index contributed by atoms with van der Waals surface area (Å²) in [5.41, 5.74) is 2.11. The summed E-state index contributed by atoms with van der Waals surface area (Å²) in [4.78, 5) is 23.8. The molecule has 1 N–H and O–H groups in total. The van der Waals surface area contributed by atoms with Crippen LogP contribution in [0.15, 0.2) is 64.0 Å². The minimum Gasteiger partial charge on any atom is -0.481 e. The lowest BCUT2D eigenvalue weighted by molar-refractivity contribution is -0.138. The van der Waals surface area contributed by atoms with Crippen molar-refractivity contribution in [2.24, 2.45) is 0 Å². The molecule has 1 atom stereocenters. The van der Waals surface area contributed by atoms with Crippen molar-refractivity contribution in [1.29, 1.82) is 0 Å². The zero-order valence-electron chi connectivity index (χ0n) is 11.9. The highest BCUT2D eigenvalue weighted by Gasteiger charge is 2.16. The van der Waals surface area contributed by atoms with Gasteiger partial charge in [0.2, 0.25) is 0 Å². The second-order valence-corrected chi connectivity index (χ2v) is 5.16. The van der Waals surface area contributed by atoms with E-state index >= 15 is 0 Å². The first kappa shape index (κ1) is 14.1. The van der Waals surface area contributed by atoms with Crippen LogP contribution in [-0.4, -0.2) is 11.1 Å². The molecule has 0 aliphatic carbocycles. The standard InChI is InChI=1S/C18H14O4/c1-11(18(20)21)13-7-8-16-14(9-13)17(19)15(10-22-16)12-5-3-2-4-6-12/h2-11H,1H3,(H,20,21). The molecule has 0 bridgehead atoms. The molecule has 0 fully saturated rings. The van der Waals surface area contributed by atoms with Gasteiger partial charge in [0.25, 0.3) is 0 Å². The van der Waals surface area contributed by atoms with Crippen molar-refractivity contribution in [3.05, 3.63) is 70.6 Å². The fourth-order valence-corrected chi connectivity index (χ4v) is 2.38. The van der Waals surface area contributed by atoms with Crippen molar-refractivity contribution in [3.63, 3.8) is 0 Å². The van der Waals surface area contributed by atoms with Crippen molar-refractivity contribution >= 4 is 16.9 Å². The lowest BCUT2D eigenvalue weighted by atomic mass is 9.98. The van der Waals surface area contributed by atoms with E-state index < -0.39 is 11.9 Å². The average molecular weight is 294 g/mol. The maximum Gasteiger partial charge on any atom is 0.310 e. The van der Waals surface area contributed by atoms with Crippen LogP contribution < -0.4 is 5.43 Å². The normalized spacial score (nSPS) is 12.2. The van der Waals surface area contributed by atoms with Gasteiger partial charge in [-0.1, -0.05) is 36.4 Å². The summed E-state index contributed by atoms with van der Waals surface area (Å²) in [6.45, 7) is 1.59. The predicted molar refractivity (Wildman–Crippen MR) is 84.0 cm³/mol. The van der Waals surface area contributed by atoms with E-state index in [2.05, 4.69) is 0 Å². The molecule has 1 aromatic heterocycles. The molecular formula is C18H14O4. The SMILES string of the molecule is CC(C(=O)O)c1ccc2occ(-c3ccccc3)c(=O)c2c1. The van der Waals surface area contributed by atoms with Gasteiger partial charge in [-0.3, -0.25) is 9.59 Å². The fraction of sp³-hybridized carbons (Fsp3) is 0.111. The van der Waals surface area contributed by atoms with Crippen LogP contribution in [0.2, 0.25) is 0 Å². The molecule has 3 rings (SSSR count). The van der Waals surface area contributed by atoms with Gasteiger partial charge in [-0.15, -0.1) is 0 Å². The molecule has 4 nitrogen and oxygen atoms in total. The minimum atomic E-state index is -0.928. The number of rotatable bonds is 3. The Kier molecular flexibility index (Phi) is 3.51. The summed E-state index contributed by atoms with van der Waals surface area (Å²) in [5.74, 6) is -1.60. The highest BCUT2D eigenvalue weighted by Crippen LogP contribution is 2.23. The summed E-state index contributed by atoms with van der Waals surface area (Å²) < 4.78 is 5.53. The van der Waals surface area contributed by atoms with Crippen LogP contribution >= 0.6 is 0 Å². The van der Waals surface area contributed by atoms with Crippen LogP contribution in [0.1, 0.15) is 18.4 Å². The lowest BCUT2D eigenvalue weighted by Crippen LogP contribution is -2.09. The van der Waals surface area contributed by atoms with Gasteiger partial charge in [0.1, 0.15) is 11.8 Å². The topological polar surface area (TPSA) is 67.5 Å². The highest BCUT2D eigenvalue weighted by molar-refractivity contribution is 5.84. The van der Waals surface area contributed by atoms with E-state index in [4.69, 9.17) is 9.52 Å². The molecule has 0 aliphatic heterocycles. The van der Waals surface area contributed by atoms with E-state index in [0.29, 0.717) is 22.1 Å². The van der Waals surface area contributed by atoms with Gasteiger partial charge in [-0.25, -0.2) is 0 Å². The molecule has 0 spiro atoms. The number of aliphatic carboxylic acids is 1. The van der Waals surface area contributed by atoms with Crippen molar-refractivity contribution in [1.82, 2.24) is 0 Å². The Morgan fingerprint density at radius 2 is 1.86 bits per heavy atom. The molecule has 110 valence electrons. The van der Waals surface area contributed by atoms with Crippen molar-refractivity contribution in [3.8, 4) is 11.1 Å². The Bertz CT molecular complexity index is 894. The van der Waals surface area contributed by atoms with Gasteiger partial charge in [0.05, 0.1) is 16.9 Å². The molecular weight excluding hydrogens is 280 g/mol. The number of carbonyl (C=O) groups is 1. The van der Waals surface area contributed by atoms with E-state index in [1.54, 1.807) is 25.1 Å². The van der Waals surface area contributed by atoms with Gasteiger partial charge in [-0.05, 0) is 30.2 Å². The second kappa shape index (κ2) is 5.48. The number of carboxylic acids is 1. The van der Waals surface area contributed by atoms with Crippen molar-refractivity contribution in [2.45, 2.75) is 12.8 Å². The second-order valence-electron chi connectivity index (χ2n) is 5.16. The third-order valence-electron chi connectivity index (χ3n) is 3.75. The van der Waals surface area contributed by atoms with E-state index in [0.717, 1.165) is 5.56 Å². The average Bonchev–Trinajstić information content (AvgIpc) is 2.55. The molecule has 2 aromatic carbocycles. The quantitative estimate of drug-likeness (QED) is 0.800. The molecule has 0 saturated heterocycles. The number of hydrogen-bond donors (Lipinski definition) is 1. The van der Waals surface area contributed by atoms with Crippen molar-refractivity contribution < 1.29 is 14.3 Å². The Hall–Kier alpha value is -2.88. The minimum absolute atomic E-state index is 0.160. The molecule has 0 radical (unpaired) electrons. The maximum absolute atomic E-state index is 12.7. The number of hydrogen-bond acceptors (Lipinski definition) is 3. The molecule has 4 heteroatoms. The van der Waals surface area contributed by atoms with Gasteiger partial charge in [0.15, 0.2) is 5.43 Å². The third kappa shape index (κ3) is 2.39. The summed E-state index contributed by atoms with van der Waals surface area (Å²) in [6.07, 6.45) is 1.44. The summed E-state index contributed by atoms with van der Waals surface area (Å²) >= 11 is 0. The zero-order chi connectivity index (χ0) is 15.7. The molecule has 0 aliphatic rings. The lowest BCUT2D eigenvalue weighted by Gasteiger charge is -2.08. The van der Waals surface area contributed by atoms with Crippen LogP contribution in [-0.2, 0) is 4.79 Å². The fourth-order valence-electron chi connectivity index (χ4n) is 2.38. The van der Waals surface area contributed by atoms with Crippen LogP contribution in [0.4, 0.5) is 0 Å². The number of fused-ring (bicyclic) bond motifs is 1. The highest BCUT2D eigenvalue weighted by atomic mass is 16.4. The summed E-state index contributed by atoms with van der Waals surface area (Å²) in [6, 6.07) is 14.2. The summed E-state index contributed by atoms with van der Waals surface area (Å²) in [7, 11) is 0. The van der Waals surface area contributed by atoms with Gasteiger partial charge < -0.3 is 9.52 Å². The monoisotopic (exact) mass is 294 g/mol. The Labute approximate surface area is 126 Å². The summed E-state index contributed by atoms with van der Waals surface area (Å²) in [5, 5.41) is 9.50. The molecule has 1 unspecified atom stereocenters. The van der Waals surface area contributed by atoms with Crippen molar-refractivity contribution in [2.75, 3.05) is 0 Å². The van der Waals surface area contributed by atoms with Crippen LogP contribution in [0.25, 0.3) is 22.1 Å². The predicted octanol–water partition coefficient (Wildman–Crippen LogP) is 3.65. The van der Waals surface area contributed by atoms with E-state index in [1.165, 1.54) is 6.26 Å². The van der Waals surface area contributed by atoms with Gasteiger partial charge in [-0.2, -0.15) is 0 Å². The van der Waals surface area contributed by atoms with Gasteiger partial charge >= 0.3 is 5.97 Å². The Morgan fingerprint density at radius 1 is 1.14 bits per heavy atom. The first-order chi connectivity index (χ1) is 10.6. The first-order valence-corrected chi connectivity index (χ1v) is 6.91. The molecule has 0 amide bonds. The Morgan fingerprint density at radius 3 is 2.55 bits per heavy atom. The first-order valence-electron chi connectivity index (χ1n) is 6.91. The smallest absolute Gasteiger partial charge is 0.310 e. The number of carboxylic acid groups (broad SMARTS) is 1. The van der Waals surface area contributed by atoms with Crippen LogP contribution in [0.5, 0.6) is 0 Å². The number of benzene rings is 2. The third-order valence-corrected chi connectivity index (χ3v) is 3.75. The zero-order valence-corrected chi connectivity index (χ0v) is 11.9. The Balaban J connectivity index is 2.21. The molecule has 22 heavy (non-hydrogen) atoms. The van der Waals surface area contributed by atoms with E-state index in [-0.39, 0.29) is 5.43 Å².